The van der Waals surface area contributed by atoms with E-state index in [-0.39, 0.29) is 12.3 Å². The molecule has 0 saturated heterocycles. The smallest absolute Gasteiger partial charge is 0.0833 e. The molecule has 0 heterocycles. The highest BCUT2D eigenvalue weighted by Gasteiger charge is 2.39. The van der Waals surface area contributed by atoms with Crippen molar-refractivity contribution in [3.05, 3.63) is 24.3 Å². The van der Waals surface area contributed by atoms with E-state index in [1.54, 1.807) is 12.2 Å². The topological polar surface area (TPSA) is 80.6 Å². The second-order valence-corrected chi connectivity index (χ2v) is 5.14. The van der Waals surface area contributed by atoms with Crippen LogP contribution in [0.3, 0.4) is 0 Å². The van der Waals surface area contributed by atoms with Crippen molar-refractivity contribution in [3.8, 4) is 12.3 Å². The van der Waals surface area contributed by atoms with E-state index in [0.717, 1.165) is 6.42 Å². The van der Waals surface area contributed by atoms with Gasteiger partial charge in [0.15, 0.2) is 0 Å². The highest BCUT2D eigenvalue weighted by Crippen LogP contribution is 2.43. The number of aliphatic hydroxyl groups is 2. The van der Waals surface area contributed by atoms with Gasteiger partial charge in [-0.2, -0.15) is 0 Å². The van der Waals surface area contributed by atoms with Gasteiger partial charge in [0.1, 0.15) is 0 Å². The normalized spacial score (nSPS) is 24.6. The number of aliphatic hydroxyl groups excluding tert-OH is 2. The molecule has 0 bridgehead atoms. The van der Waals surface area contributed by atoms with Crippen LogP contribution < -0.4 is 5.11 Å². The highest BCUT2D eigenvalue weighted by molar-refractivity contribution is 5.64. The molecule has 0 aromatic heterocycles. The second kappa shape index (κ2) is 8.57. The van der Waals surface area contributed by atoms with Gasteiger partial charge in [0.25, 0.3) is 0 Å². The summed E-state index contributed by atoms with van der Waals surface area (Å²) in [4.78, 5) is 10.3. The van der Waals surface area contributed by atoms with E-state index in [0.29, 0.717) is 25.2 Å². The number of terminal acetylenes is 1. The molecule has 110 valence electrons. The molecule has 4 nitrogen and oxygen atoms in total. The molecular weight excluding hydrogens is 256 g/mol. The van der Waals surface area contributed by atoms with Crippen LogP contribution >= 0.6 is 0 Å². The Morgan fingerprint density at radius 3 is 2.85 bits per heavy atom. The van der Waals surface area contributed by atoms with E-state index in [2.05, 4.69) is 5.92 Å². The SMILES string of the molecule is C#CC[C@@H](O)/C=C/C=C/[C@@H]1C[C@@H]1[C@@H](O)CCCC(=O)[O-]. The Kier molecular flexibility index (Phi) is 7.06. The summed E-state index contributed by atoms with van der Waals surface area (Å²) in [5.41, 5.74) is 0. The Hall–Kier alpha value is -1.57. The van der Waals surface area contributed by atoms with Crippen LogP contribution in [0.15, 0.2) is 24.3 Å². The Labute approximate surface area is 119 Å². The molecular formula is C16H21O4-. The third-order valence-corrected chi connectivity index (χ3v) is 3.40. The fourth-order valence-corrected chi connectivity index (χ4v) is 2.16. The number of rotatable bonds is 9. The molecule has 2 N–H and O–H groups in total. The summed E-state index contributed by atoms with van der Waals surface area (Å²) in [7, 11) is 0. The molecule has 1 saturated carbocycles. The average molecular weight is 277 g/mol. The van der Waals surface area contributed by atoms with Gasteiger partial charge in [0, 0.05) is 12.4 Å². The lowest BCUT2D eigenvalue weighted by molar-refractivity contribution is -0.305. The summed E-state index contributed by atoms with van der Waals surface area (Å²) < 4.78 is 0. The van der Waals surface area contributed by atoms with Gasteiger partial charge in [0.05, 0.1) is 12.2 Å². The maximum absolute atomic E-state index is 10.3. The first kappa shape index (κ1) is 16.5. The maximum atomic E-state index is 10.3. The molecule has 1 aliphatic rings. The maximum Gasteiger partial charge on any atom is 0.0833 e. The Morgan fingerprint density at radius 1 is 1.45 bits per heavy atom. The third kappa shape index (κ3) is 6.55. The number of hydrogen-bond donors (Lipinski definition) is 2. The van der Waals surface area contributed by atoms with Gasteiger partial charge < -0.3 is 20.1 Å². The van der Waals surface area contributed by atoms with Crippen molar-refractivity contribution < 1.29 is 20.1 Å². The summed E-state index contributed by atoms with van der Waals surface area (Å²) in [6.07, 6.45) is 13.4. The van der Waals surface area contributed by atoms with Crippen LogP contribution in [0.4, 0.5) is 0 Å². The minimum absolute atomic E-state index is 0.0000898. The van der Waals surface area contributed by atoms with Crippen LogP contribution in [0.5, 0.6) is 0 Å². The van der Waals surface area contributed by atoms with Gasteiger partial charge in [-0.05, 0) is 37.5 Å². The molecule has 1 fully saturated rings. The molecule has 1 aliphatic carbocycles. The Bertz CT molecular complexity index is 405. The van der Waals surface area contributed by atoms with Gasteiger partial charge in [-0.3, -0.25) is 0 Å². The Balaban J connectivity index is 2.19. The molecule has 20 heavy (non-hydrogen) atoms. The molecule has 0 aromatic carbocycles. The predicted octanol–water partition coefficient (Wildman–Crippen LogP) is 0.400. The standard InChI is InChI=1S/C16H22O4/c1-2-6-13(17)8-4-3-7-12-11-14(12)15(18)9-5-10-16(19)20/h1,3-4,7-8,12-15,17-18H,5-6,9-11H2,(H,19,20)/p-1/b7-3+,8-4+/t12-,13-,14+,15+/m1/s1. The fourth-order valence-electron chi connectivity index (χ4n) is 2.16. The van der Waals surface area contributed by atoms with Crippen molar-refractivity contribution in [1.82, 2.24) is 0 Å². The van der Waals surface area contributed by atoms with Crippen molar-refractivity contribution in [2.75, 3.05) is 0 Å². The predicted molar refractivity (Wildman–Crippen MR) is 74.2 cm³/mol. The first-order valence-corrected chi connectivity index (χ1v) is 6.89. The fraction of sp³-hybridized carbons (Fsp3) is 0.562. The first-order chi connectivity index (χ1) is 9.54. The number of hydrogen-bond acceptors (Lipinski definition) is 4. The lowest BCUT2D eigenvalue weighted by Crippen LogP contribution is -2.22. The summed E-state index contributed by atoms with van der Waals surface area (Å²) in [5.74, 6) is 1.86. The molecule has 0 spiro atoms. The zero-order valence-corrected chi connectivity index (χ0v) is 11.4. The minimum Gasteiger partial charge on any atom is -0.550 e. The second-order valence-electron chi connectivity index (χ2n) is 5.14. The van der Waals surface area contributed by atoms with Crippen molar-refractivity contribution in [1.29, 1.82) is 0 Å². The highest BCUT2D eigenvalue weighted by atomic mass is 16.4. The summed E-state index contributed by atoms with van der Waals surface area (Å²) >= 11 is 0. The zero-order chi connectivity index (χ0) is 15.0. The van der Waals surface area contributed by atoms with E-state index in [9.17, 15) is 20.1 Å². The Morgan fingerprint density at radius 2 is 2.20 bits per heavy atom. The average Bonchev–Trinajstić information content (AvgIpc) is 3.14. The molecule has 0 aliphatic heterocycles. The summed E-state index contributed by atoms with van der Waals surface area (Å²) in [6.45, 7) is 0. The van der Waals surface area contributed by atoms with Crippen LogP contribution in [-0.2, 0) is 4.79 Å². The van der Waals surface area contributed by atoms with Gasteiger partial charge >= 0.3 is 0 Å². The number of carbonyl (C=O) groups excluding carboxylic acids is 1. The van der Waals surface area contributed by atoms with E-state index >= 15 is 0 Å². The molecule has 1 rings (SSSR count). The summed E-state index contributed by atoms with van der Waals surface area (Å²) in [5, 5.41) is 29.5. The molecule has 4 heteroatoms. The monoisotopic (exact) mass is 277 g/mol. The lowest BCUT2D eigenvalue weighted by Gasteiger charge is -2.09. The lowest BCUT2D eigenvalue weighted by atomic mass is 10.1. The van der Waals surface area contributed by atoms with Crippen LogP contribution in [-0.4, -0.2) is 28.4 Å². The van der Waals surface area contributed by atoms with Crippen LogP contribution in [0.1, 0.15) is 32.1 Å². The number of carboxylic acids is 1. The third-order valence-electron chi connectivity index (χ3n) is 3.40. The van der Waals surface area contributed by atoms with E-state index in [4.69, 9.17) is 6.42 Å². The molecule has 0 aromatic rings. The number of allylic oxidation sites excluding steroid dienone is 3. The molecule has 0 unspecified atom stereocenters. The van der Waals surface area contributed by atoms with Crippen molar-refractivity contribution in [2.45, 2.75) is 44.3 Å². The zero-order valence-electron chi connectivity index (χ0n) is 11.4. The van der Waals surface area contributed by atoms with Crippen LogP contribution in [0.25, 0.3) is 0 Å². The minimum atomic E-state index is -1.07. The number of aliphatic carboxylic acids is 1. The van der Waals surface area contributed by atoms with Crippen LogP contribution in [0, 0.1) is 24.2 Å². The molecule has 0 radical (unpaired) electrons. The van der Waals surface area contributed by atoms with Crippen molar-refractivity contribution >= 4 is 5.97 Å². The van der Waals surface area contributed by atoms with Gasteiger partial charge in [-0.25, -0.2) is 0 Å². The molecule has 4 atom stereocenters. The van der Waals surface area contributed by atoms with Gasteiger partial charge in [0.2, 0.25) is 0 Å². The van der Waals surface area contributed by atoms with Crippen molar-refractivity contribution in [3.63, 3.8) is 0 Å². The van der Waals surface area contributed by atoms with E-state index in [1.165, 1.54) is 0 Å². The number of carboxylic acid groups (broad SMARTS) is 1. The van der Waals surface area contributed by atoms with Crippen LogP contribution in [0.2, 0.25) is 0 Å². The van der Waals surface area contributed by atoms with Gasteiger partial charge in [-0.15, -0.1) is 12.3 Å². The van der Waals surface area contributed by atoms with E-state index in [1.807, 2.05) is 12.2 Å². The first-order valence-electron chi connectivity index (χ1n) is 6.89. The van der Waals surface area contributed by atoms with E-state index < -0.39 is 18.2 Å². The number of carbonyl (C=O) groups is 1. The largest absolute Gasteiger partial charge is 0.550 e. The quantitative estimate of drug-likeness (QED) is 0.472. The van der Waals surface area contributed by atoms with Gasteiger partial charge in [-0.1, -0.05) is 24.3 Å². The molecule has 0 amide bonds. The van der Waals surface area contributed by atoms with Crippen molar-refractivity contribution in [2.24, 2.45) is 11.8 Å². The summed E-state index contributed by atoms with van der Waals surface area (Å²) in [6, 6.07) is 0.